The van der Waals surface area contributed by atoms with Gasteiger partial charge >= 0.3 is 0 Å². The molecule has 1 fully saturated rings. The first-order valence-corrected chi connectivity index (χ1v) is 12.5. The third-order valence-corrected chi connectivity index (χ3v) is 8.26. The maximum Gasteiger partial charge on any atom is 0.259 e. The lowest BCUT2D eigenvalue weighted by Crippen LogP contribution is -2.27. The van der Waals surface area contributed by atoms with Gasteiger partial charge in [0.05, 0.1) is 32.1 Å². The zero-order valence-corrected chi connectivity index (χ0v) is 18.9. The van der Waals surface area contributed by atoms with Gasteiger partial charge in [0, 0.05) is 18.8 Å². The van der Waals surface area contributed by atoms with Crippen molar-refractivity contribution in [3.8, 4) is 10.6 Å². The number of carbonyl (C=O) groups excluding carboxylic acids is 1. The second-order valence-corrected chi connectivity index (χ2v) is 10.5. The highest BCUT2D eigenvalue weighted by Crippen LogP contribution is 2.30. The normalized spacial score (nSPS) is 14.8. The van der Waals surface area contributed by atoms with E-state index in [0.29, 0.717) is 46.8 Å². The Morgan fingerprint density at radius 2 is 1.91 bits per heavy atom. The molecule has 1 N–H and O–H groups in total. The number of sulfonamides is 1. The number of aromatic nitrogens is 2. The van der Waals surface area contributed by atoms with E-state index < -0.39 is 10.0 Å². The molecule has 32 heavy (non-hydrogen) atoms. The van der Waals surface area contributed by atoms with Crippen molar-refractivity contribution < 1.29 is 17.7 Å². The van der Waals surface area contributed by atoms with Crippen molar-refractivity contribution in [3.63, 3.8) is 0 Å². The third-order valence-electron chi connectivity index (χ3n) is 5.45. The molecular weight excluding hydrogens is 448 g/mol. The summed E-state index contributed by atoms with van der Waals surface area (Å²) in [5.74, 6) is -0.350. The number of carbonyl (C=O) groups is 1. The van der Waals surface area contributed by atoms with Crippen molar-refractivity contribution in [3.05, 3.63) is 59.1 Å². The molecule has 0 unspecified atom stereocenters. The number of aryl methyl sites for hydroxylation is 1. The number of pyridine rings is 1. The predicted octanol–water partition coefficient (Wildman–Crippen LogP) is 4.30. The highest BCUT2D eigenvalue weighted by molar-refractivity contribution is 7.89. The van der Waals surface area contributed by atoms with Gasteiger partial charge in [0.25, 0.3) is 11.6 Å². The number of nitrogens with one attached hydrogen (secondary N) is 1. The summed E-state index contributed by atoms with van der Waals surface area (Å²) in [4.78, 5) is 18.8. The Bertz CT molecular complexity index is 1390. The Morgan fingerprint density at radius 3 is 2.59 bits per heavy atom. The largest absolute Gasteiger partial charge is 0.335 e. The van der Waals surface area contributed by atoms with Crippen LogP contribution in [0.5, 0.6) is 0 Å². The third kappa shape index (κ3) is 3.70. The molecule has 4 heterocycles. The molecule has 1 amide bonds. The van der Waals surface area contributed by atoms with Crippen LogP contribution >= 0.6 is 11.3 Å². The highest BCUT2D eigenvalue weighted by Gasteiger charge is 2.27. The number of rotatable bonds is 5. The molecule has 0 aliphatic carbocycles. The summed E-state index contributed by atoms with van der Waals surface area (Å²) >= 11 is 1.51. The van der Waals surface area contributed by atoms with E-state index in [0.717, 1.165) is 17.7 Å². The van der Waals surface area contributed by atoms with Gasteiger partial charge in [0.1, 0.15) is 0 Å². The maximum absolute atomic E-state index is 13.2. The molecule has 0 saturated carbocycles. The number of benzene rings is 1. The minimum atomic E-state index is -3.50. The minimum Gasteiger partial charge on any atom is -0.335 e. The number of amides is 1. The zero-order valence-electron chi connectivity index (χ0n) is 17.2. The lowest BCUT2D eigenvalue weighted by molar-refractivity contribution is 0.102. The van der Waals surface area contributed by atoms with Crippen LogP contribution in [0.4, 0.5) is 5.69 Å². The van der Waals surface area contributed by atoms with E-state index in [2.05, 4.69) is 15.5 Å². The Kier molecular flexibility index (Phi) is 5.28. The molecule has 1 aliphatic rings. The summed E-state index contributed by atoms with van der Waals surface area (Å²) in [6, 6.07) is 11.8. The quantitative estimate of drug-likeness (QED) is 0.468. The highest BCUT2D eigenvalue weighted by atomic mass is 32.2. The first-order valence-electron chi connectivity index (χ1n) is 10.2. The molecule has 1 saturated heterocycles. The minimum absolute atomic E-state index is 0.221. The van der Waals surface area contributed by atoms with Gasteiger partial charge in [-0.3, -0.25) is 4.79 Å². The van der Waals surface area contributed by atoms with Crippen LogP contribution in [0.2, 0.25) is 0 Å². The van der Waals surface area contributed by atoms with E-state index in [-0.39, 0.29) is 10.8 Å². The fourth-order valence-corrected chi connectivity index (χ4v) is 6.01. The van der Waals surface area contributed by atoms with Crippen molar-refractivity contribution in [1.29, 1.82) is 0 Å². The predicted molar refractivity (Wildman–Crippen MR) is 122 cm³/mol. The van der Waals surface area contributed by atoms with E-state index in [1.807, 2.05) is 17.5 Å². The summed E-state index contributed by atoms with van der Waals surface area (Å²) in [7, 11) is -3.50. The summed E-state index contributed by atoms with van der Waals surface area (Å²) < 4.78 is 32.2. The van der Waals surface area contributed by atoms with E-state index in [1.54, 1.807) is 25.1 Å². The monoisotopic (exact) mass is 468 g/mol. The molecule has 0 spiro atoms. The molecule has 10 heteroatoms. The smallest absolute Gasteiger partial charge is 0.259 e. The fraction of sp³-hybridized carbons (Fsp3) is 0.227. The number of hydrogen-bond acceptors (Lipinski definition) is 7. The summed E-state index contributed by atoms with van der Waals surface area (Å²) in [5, 5.41) is 9.29. The summed E-state index contributed by atoms with van der Waals surface area (Å²) in [5.41, 5.74) is 2.38. The van der Waals surface area contributed by atoms with E-state index in [9.17, 15) is 13.2 Å². The van der Waals surface area contributed by atoms with Gasteiger partial charge in [0.15, 0.2) is 0 Å². The number of nitrogens with zero attached hydrogens (tertiary/aromatic N) is 3. The zero-order chi connectivity index (χ0) is 22.3. The molecule has 5 rings (SSSR count). The van der Waals surface area contributed by atoms with Gasteiger partial charge in [-0.05, 0) is 61.5 Å². The topological polar surface area (TPSA) is 105 Å². The van der Waals surface area contributed by atoms with Crippen LogP contribution in [-0.4, -0.2) is 41.9 Å². The van der Waals surface area contributed by atoms with Crippen LogP contribution in [0.25, 0.3) is 21.7 Å². The molecule has 4 aromatic rings. The first kappa shape index (κ1) is 20.8. The summed E-state index contributed by atoms with van der Waals surface area (Å²) in [6.07, 6.45) is 1.76. The standard InChI is InChI=1S/C22H20N4O4S2/c1-14-20-17(13-18(19-5-4-12-31-19)24-22(20)30-25-14)21(27)23-15-6-8-16(9-7-15)32(28,29)26-10-2-3-11-26/h4-9,12-13H,2-3,10-11H2,1H3,(H,23,27). The van der Waals surface area contributed by atoms with E-state index in [1.165, 1.54) is 27.8 Å². The van der Waals surface area contributed by atoms with Crippen LogP contribution in [-0.2, 0) is 10.0 Å². The number of thiophene rings is 1. The molecule has 1 aromatic carbocycles. The van der Waals surface area contributed by atoms with Gasteiger partial charge in [0.2, 0.25) is 10.0 Å². The summed E-state index contributed by atoms with van der Waals surface area (Å²) in [6.45, 7) is 2.85. The Balaban J connectivity index is 1.44. The Hall–Kier alpha value is -3.08. The van der Waals surface area contributed by atoms with Crippen LogP contribution in [0.3, 0.4) is 0 Å². The van der Waals surface area contributed by atoms with E-state index in [4.69, 9.17) is 4.52 Å². The fourth-order valence-electron chi connectivity index (χ4n) is 3.81. The van der Waals surface area contributed by atoms with Gasteiger partial charge < -0.3 is 9.84 Å². The lowest BCUT2D eigenvalue weighted by Gasteiger charge is -2.15. The molecule has 0 radical (unpaired) electrons. The molecular formula is C22H20N4O4S2. The van der Waals surface area contributed by atoms with Gasteiger partial charge in [-0.2, -0.15) is 4.31 Å². The number of fused-ring (bicyclic) bond motifs is 1. The van der Waals surface area contributed by atoms with Gasteiger partial charge in [-0.1, -0.05) is 11.2 Å². The number of hydrogen-bond donors (Lipinski definition) is 1. The first-order chi connectivity index (χ1) is 15.4. The van der Waals surface area contributed by atoms with Gasteiger partial charge in [-0.25, -0.2) is 13.4 Å². The van der Waals surface area contributed by atoms with Crippen LogP contribution in [0.1, 0.15) is 28.9 Å². The van der Waals surface area contributed by atoms with Crippen molar-refractivity contribution >= 4 is 44.1 Å². The van der Waals surface area contributed by atoms with Crippen molar-refractivity contribution in [2.45, 2.75) is 24.7 Å². The second-order valence-electron chi connectivity index (χ2n) is 7.57. The Morgan fingerprint density at radius 1 is 1.16 bits per heavy atom. The lowest BCUT2D eigenvalue weighted by atomic mass is 10.1. The maximum atomic E-state index is 13.2. The molecule has 0 atom stereocenters. The molecule has 8 nitrogen and oxygen atoms in total. The Labute approximate surface area is 188 Å². The molecule has 164 valence electrons. The van der Waals surface area contributed by atoms with E-state index >= 15 is 0 Å². The molecule has 3 aromatic heterocycles. The van der Waals surface area contributed by atoms with Crippen molar-refractivity contribution in [2.24, 2.45) is 0 Å². The van der Waals surface area contributed by atoms with Crippen LogP contribution in [0.15, 0.2) is 57.3 Å². The van der Waals surface area contributed by atoms with Crippen LogP contribution in [0, 0.1) is 6.92 Å². The SMILES string of the molecule is Cc1noc2nc(-c3cccs3)cc(C(=O)Nc3ccc(S(=O)(=O)N4CCCC4)cc3)c12. The second kappa shape index (κ2) is 8.12. The molecule has 1 aliphatic heterocycles. The average molecular weight is 469 g/mol. The van der Waals surface area contributed by atoms with Crippen LogP contribution < -0.4 is 5.32 Å². The van der Waals surface area contributed by atoms with Crippen molar-refractivity contribution in [1.82, 2.24) is 14.4 Å². The van der Waals surface area contributed by atoms with Crippen molar-refractivity contribution in [2.75, 3.05) is 18.4 Å². The molecule has 0 bridgehead atoms. The average Bonchev–Trinajstić information content (AvgIpc) is 3.56. The van der Waals surface area contributed by atoms with Gasteiger partial charge in [-0.15, -0.1) is 11.3 Å². The number of anilines is 1.